The first-order valence-corrected chi connectivity index (χ1v) is 6.04. The maximum absolute atomic E-state index is 12.0. The monoisotopic (exact) mass is 234 g/mol. The van der Waals surface area contributed by atoms with Gasteiger partial charge in [0.1, 0.15) is 0 Å². The second-order valence-corrected chi connectivity index (χ2v) is 5.11. The minimum atomic E-state index is -0.343. The number of hydrogen-bond donors (Lipinski definition) is 2. The molecule has 1 atom stereocenters. The summed E-state index contributed by atoms with van der Waals surface area (Å²) in [6.45, 7) is 7.82. The molecule has 0 aliphatic carbocycles. The normalized spacial score (nSPS) is 13.2. The average Bonchev–Trinajstić information content (AvgIpc) is 2.29. The van der Waals surface area contributed by atoms with Gasteiger partial charge in [0.25, 0.3) is 0 Å². The third kappa shape index (κ3) is 3.56. The van der Waals surface area contributed by atoms with Crippen LogP contribution in [-0.2, 0) is 4.79 Å². The molecule has 0 spiro atoms. The van der Waals surface area contributed by atoms with Crippen LogP contribution in [0.15, 0.2) is 24.3 Å². The molecule has 1 amide bonds. The van der Waals surface area contributed by atoms with Crippen LogP contribution in [0.1, 0.15) is 45.7 Å². The van der Waals surface area contributed by atoms with Gasteiger partial charge in [-0.3, -0.25) is 4.79 Å². The third-order valence-electron chi connectivity index (χ3n) is 3.17. The molecule has 1 aromatic carbocycles. The van der Waals surface area contributed by atoms with Gasteiger partial charge in [0, 0.05) is 17.1 Å². The van der Waals surface area contributed by atoms with Crippen LogP contribution in [0.2, 0.25) is 0 Å². The van der Waals surface area contributed by atoms with Gasteiger partial charge in [-0.15, -0.1) is 0 Å². The van der Waals surface area contributed by atoms with E-state index in [1.54, 1.807) is 0 Å². The fraction of sp³-hybridized carbons (Fsp3) is 0.500. The minimum Gasteiger partial charge on any atom is -0.326 e. The van der Waals surface area contributed by atoms with Crippen LogP contribution >= 0.6 is 0 Å². The van der Waals surface area contributed by atoms with Crippen molar-refractivity contribution in [2.75, 3.05) is 5.32 Å². The molecule has 1 unspecified atom stereocenters. The van der Waals surface area contributed by atoms with Crippen molar-refractivity contribution in [2.45, 2.75) is 40.2 Å². The molecule has 0 aliphatic rings. The van der Waals surface area contributed by atoms with Crippen molar-refractivity contribution in [2.24, 2.45) is 11.1 Å². The highest BCUT2D eigenvalue weighted by molar-refractivity contribution is 5.94. The summed E-state index contributed by atoms with van der Waals surface area (Å²) in [5.41, 5.74) is 7.31. The molecular weight excluding hydrogens is 212 g/mol. The van der Waals surface area contributed by atoms with E-state index >= 15 is 0 Å². The highest BCUT2D eigenvalue weighted by Crippen LogP contribution is 2.23. The van der Waals surface area contributed by atoms with E-state index in [1.165, 1.54) is 0 Å². The first-order valence-electron chi connectivity index (χ1n) is 6.04. The Morgan fingerprint density at radius 2 is 2.12 bits per heavy atom. The van der Waals surface area contributed by atoms with Gasteiger partial charge in [-0.1, -0.05) is 32.9 Å². The van der Waals surface area contributed by atoms with Crippen molar-refractivity contribution in [1.29, 1.82) is 0 Å². The fourth-order valence-corrected chi connectivity index (χ4v) is 1.36. The maximum Gasteiger partial charge on any atom is 0.230 e. The van der Waals surface area contributed by atoms with E-state index < -0.39 is 0 Å². The predicted molar refractivity (Wildman–Crippen MR) is 71.7 cm³/mol. The highest BCUT2D eigenvalue weighted by Gasteiger charge is 2.25. The zero-order valence-corrected chi connectivity index (χ0v) is 11.1. The molecule has 1 rings (SSSR count). The molecule has 0 saturated heterocycles. The van der Waals surface area contributed by atoms with Gasteiger partial charge in [-0.2, -0.15) is 0 Å². The van der Waals surface area contributed by atoms with Crippen molar-refractivity contribution in [3.05, 3.63) is 29.8 Å². The Balaban J connectivity index is 2.82. The van der Waals surface area contributed by atoms with E-state index in [9.17, 15) is 4.79 Å². The van der Waals surface area contributed by atoms with E-state index in [1.807, 2.05) is 52.0 Å². The van der Waals surface area contributed by atoms with Gasteiger partial charge in [-0.05, 0) is 31.0 Å². The van der Waals surface area contributed by atoms with Gasteiger partial charge in [0.2, 0.25) is 5.91 Å². The van der Waals surface area contributed by atoms with Crippen molar-refractivity contribution in [3.8, 4) is 0 Å². The van der Waals surface area contributed by atoms with Crippen LogP contribution < -0.4 is 11.1 Å². The summed E-state index contributed by atoms with van der Waals surface area (Å²) < 4.78 is 0. The van der Waals surface area contributed by atoms with E-state index in [0.29, 0.717) is 0 Å². The molecule has 3 N–H and O–H groups in total. The quantitative estimate of drug-likeness (QED) is 0.841. The predicted octanol–water partition coefficient (Wildman–Crippen LogP) is 3.08. The first-order chi connectivity index (χ1) is 7.86. The number of nitrogens with two attached hydrogens (primary N) is 1. The molecule has 0 heterocycles. The van der Waals surface area contributed by atoms with Crippen LogP contribution in [0.25, 0.3) is 0 Å². The molecular formula is C14H22N2O. The highest BCUT2D eigenvalue weighted by atomic mass is 16.2. The zero-order valence-electron chi connectivity index (χ0n) is 11.1. The molecule has 3 heteroatoms. The Hall–Kier alpha value is -1.35. The SMILES string of the molecule is CCC(C)(C)C(=O)Nc1cccc(C(C)N)c1. The van der Waals surface area contributed by atoms with Crippen LogP contribution in [-0.4, -0.2) is 5.91 Å². The van der Waals surface area contributed by atoms with Crippen molar-refractivity contribution in [3.63, 3.8) is 0 Å². The summed E-state index contributed by atoms with van der Waals surface area (Å²) in [4.78, 5) is 12.0. The number of anilines is 1. The summed E-state index contributed by atoms with van der Waals surface area (Å²) in [7, 11) is 0. The van der Waals surface area contributed by atoms with E-state index in [0.717, 1.165) is 17.7 Å². The lowest BCUT2D eigenvalue weighted by Gasteiger charge is -2.21. The molecule has 0 aromatic heterocycles. The van der Waals surface area contributed by atoms with Gasteiger partial charge in [0.05, 0.1) is 0 Å². The smallest absolute Gasteiger partial charge is 0.230 e. The molecule has 17 heavy (non-hydrogen) atoms. The molecule has 94 valence electrons. The Morgan fingerprint density at radius 1 is 1.47 bits per heavy atom. The lowest BCUT2D eigenvalue weighted by Crippen LogP contribution is -2.30. The number of nitrogens with one attached hydrogen (secondary N) is 1. The number of benzene rings is 1. The van der Waals surface area contributed by atoms with Crippen LogP contribution in [0.5, 0.6) is 0 Å². The van der Waals surface area contributed by atoms with Crippen molar-refractivity contribution < 1.29 is 4.79 Å². The average molecular weight is 234 g/mol. The third-order valence-corrected chi connectivity index (χ3v) is 3.17. The Labute approximate surface area is 103 Å². The first kappa shape index (κ1) is 13.7. The molecule has 0 bridgehead atoms. The largest absolute Gasteiger partial charge is 0.326 e. The minimum absolute atomic E-state index is 0.0222. The summed E-state index contributed by atoms with van der Waals surface area (Å²) in [6.07, 6.45) is 0.811. The van der Waals surface area contributed by atoms with Crippen LogP contribution in [0.3, 0.4) is 0 Å². The molecule has 3 nitrogen and oxygen atoms in total. The summed E-state index contributed by atoms with van der Waals surface area (Å²) in [5, 5.41) is 2.93. The Bertz CT molecular complexity index is 397. The van der Waals surface area contributed by atoms with Crippen molar-refractivity contribution in [1.82, 2.24) is 0 Å². The van der Waals surface area contributed by atoms with Crippen molar-refractivity contribution >= 4 is 11.6 Å². The molecule has 0 aliphatic heterocycles. The lowest BCUT2D eigenvalue weighted by molar-refractivity contribution is -0.124. The second kappa shape index (κ2) is 5.32. The second-order valence-electron chi connectivity index (χ2n) is 5.11. The number of carbonyl (C=O) groups excluding carboxylic acids is 1. The molecule has 0 saturated carbocycles. The Morgan fingerprint density at radius 3 is 2.65 bits per heavy atom. The van der Waals surface area contributed by atoms with Crippen LogP contribution in [0, 0.1) is 5.41 Å². The number of hydrogen-bond acceptors (Lipinski definition) is 2. The molecule has 0 fully saturated rings. The van der Waals surface area contributed by atoms with Gasteiger partial charge >= 0.3 is 0 Å². The zero-order chi connectivity index (χ0) is 13.1. The number of carbonyl (C=O) groups is 1. The topological polar surface area (TPSA) is 55.1 Å². The van der Waals surface area contributed by atoms with E-state index in [2.05, 4.69) is 5.32 Å². The molecule has 0 radical (unpaired) electrons. The van der Waals surface area contributed by atoms with Gasteiger partial charge in [-0.25, -0.2) is 0 Å². The summed E-state index contributed by atoms with van der Waals surface area (Å²) in [6, 6.07) is 7.66. The number of rotatable bonds is 4. The summed E-state index contributed by atoms with van der Waals surface area (Å²) >= 11 is 0. The number of amides is 1. The van der Waals surface area contributed by atoms with E-state index in [-0.39, 0.29) is 17.4 Å². The maximum atomic E-state index is 12.0. The standard InChI is InChI=1S/C14H22N2O/c1-5-14(3,4)13(17)16-12-8-6-7-11(9-12)10(2)15/h6-10H,5,15H2,1-4H3,(H,16,17). The lowest BCUT2D eigenvalue weighted by atomic mass is 9.89. The summed E-state index contributed by atoms with van der Waals surface area (Å²) in [5.74, 6) is 0.0434. The molecule has 1 aromatic rings. The Kier molecular flexibility index (Phi) is 4.29. The van der Waals surface area contributed by atoms with E-state index in [4.69, 9.17) is 5.73 Å². The van der Waals surface area contributed by atoms with Gasteiger partial charge in [0.15, 0.2) is 0 Å². The fourth-order valence-electron chi connectivity index (χ4n) is 1.36. The van der Waals surface area contributed by atoms with Crippen LogP contribution in [0.4, 0.5) is 5.69 Å². The van der Waals surface area contributed by atoms with Gasteiger partial charge < -0.3 is 11.1 Å².